The summed E-state index contributed by atoms with van der Waals surface area (Å²) in [6.45, 7) is 1.49. The van der Waals surface area contributed by atoms with Gasteiger partial charge < -0.3 is 20.2 Å². The van der Waals surface area contributed by atoms with E-state index >= 15 is 0 Å². The molecule has 2 heterocycles. The van der Waals surface area contributed by atoms with E-state index in [9.17, 15) is 9.18 Å². The molecule has 1 amide bonds. The number of halogens is 1. The van der Waals surface area contributed by atoms with Crippen molar-refractivity contribution >= 4 is 17.7 Å². The summed E-state index contributed by atoms with van der Waals surface area (Å²) in [4.78, 5) is 14.2. The molecule has 3 aromatic rings. The van der Waals surface area contributed by atoms with E-state index < -0.39 is 0 Å². The number of hydrogen-bond donors (Lipinski definition) is 1. The van der Waals surface area contributed by atoms with Crippen LogP contribution >= 0.6 is 11.8 Å². The van der Waals surface area contributed by atoms with Gasteiger partial charge in [-0.1, -0.05) is 36.0 Å². The molecular weight excluding hydrogens is 421 g/mol. The number of hydrogen-bond acceptors (Lipinski definition) is 7. The normalized spacial score (nSPS) is 12.6. The number of benzene rings is 2. The number of carbonyl (C=O) groups excluding carboxylic acids is 1. The van der Waals surface area contributed by atoms with Crippen LogP contribution in [0.1, 0.15) is 17.0 Å². The molecular formula is C21H22FN5O3S. The summed E-state index contributed by atoms with van der Waals surface area (Å²) in [7, 11) is 1.73. The highest BCUT2D eigenvalue weighted by atomic mass is 32.2. The summed E-state index contributed by atoms with van der Waals surface area (Å²) in [5.41, 5.74) is 1.42. The van der Waals surface area contributed by atoms with E-state index in [1.807, 2.05) is 18.2 Å². The minimum atomic E-state index is -0.323. The number of nitrogens with two attached hydrogens (primary N) is 1. The van der Waals surface area contributed by atoms with Gasteiger partial charge >= 0.3 is 0 Å². The Morgan fingerprint density at radius 3 is 2.77 bits per heavy atom. The summed E-state index contributed by atoms with van der Waals surface area (Å²) >= 11 is 1.19. The fourth-order valence-electron chi connectivity index (χ4n) is 3.12. The summed E-state index contributed by atoms with van der Waals surface area (Å²) in [5, 5.41) is 8.46. The molecule has 162 valence electrons. The zero-order valence-corrected chi connectivity index (χ0v) is 17.8. The number of aromatic nitrogens is 3. The second-order valence-electron chi connectivity index (χ2n) is 7.05. The molecule has 0 saturated heterocycles. The Hall–Kier alpha value is -3.27. The molecule has 0 aliphatic carbocycles. The molecule has 0 atom stereocenters. The van der Waals surface area contributed by atoms with E-state index in [1.54, 1.807) is 30.1 Å². The standard InChI is InChI=1S/C21H22FN5O3S/c1-26(12-14-6-7-17-18(10-14)30-9-8-29-17)20(28)13-31-21-25-24-19(27(21)23)11-15-4-2-3-5-16(15)22/h2-7,10H,8-9,11-13,23H2,1H3. The Labute approximate surface area is 183 Å². The maximum absolute atomic E-state index is 13.9. The van der Waals surface area contributed by atoms with Gasteiger partial charge in [0.25, 0.3) is 0 Å². The lowest BCUT2D eigenvalue weighted by atomic mass is 10.1. The van der Waals surface area contributed by atoms with Gasteiger partial charge in [0, 0.05) is 20.0 Å². The SMILES string of the molecule is CN(Cc1ccc2c(c1)OCCO2)C(=O)CSc1nnc(Cc2ccccc2F)n1N. The number of fused-ring (bicyclic) bond motifs is 1. The highest BCUT2D eigenvalue weighted by molar-refractivity contribution is 7.99. The summed E-state index contributed by atoms with van der Waals surface area (Å²) in [6, 6.07) is 12.1. The van der Waals surface area contributed by atoms with Gasteiger partial charge in [-0.05, 0) is 29.3 Å². The van der Waals surface area contributed by atoms with Gasteiger partial charge in [-0.25, -0.2) is 9.07 Å². The zero-order chi connectivity index (χ0) is 21.8. The molecule has 0 saturated carbocycles. The van der Waals surface area contributed by atoms with E-state index in [4.69, 9.17) is 15.3 Å². The first kappa shape index (κ1) is 21.0. The molecule has 1 aliphatic rings. The average Bonchev–Trinajstić information content (AvgIpc) is 3.12. The Kier molecular flexibility index (Phi) is 6.26. The third-order valence-electron chi connectivity index (χ3n) is 4.82. The highest BCUT2D eigenvalue weighted by Crippen LogP contribution is 2.31. The molecule has 1 aromatic heterocycles. The van der Waals surface area contributed by atoms with Crippen LogP contribution < -0.4 is 15.3 Å². The number of nitrogens with zero attached hydrogens (tertiary/aromatic N) is 4. The van der Waals surface area contributed by atoms with Crippen molar-refractivity contribution in [3.8, 4) is 11.5 Å². The van der Waals surface area contributed by atoms with Gasteiger partial charge in [-0.2, -0.15) is 0 Å². The summed E-state index contributed by atoms with van der Waals surface area (Å²) < 4.78 is 26.3. The van der Waals surface area contributed by atoms with Crippen LogP contribution in [0.4, 0.5) is 4.39 Å². The van der Waals surface area contributed by atoms with Crippen molar-refractivity contribution in [2.24, 2.45) is 0 Å². The van der Waals surface area contributed by atoms with Crippen LogP contribution in [0, 0.1) is 5.82 Å². The van der Waals surface area contributed by atoms with E-state index in [1.165, 1.54) is 22.5 Å². The van der Waals surface area contributed by atoms with Gasteiger partial charge in [0.15, 0.2) is 17.3 Å². The Morgan fingerprint density at radius 2 is 1.97 bits per heavy atom. The van der Waals surface area contributed by atoms with Crippen LogP contribution in [0.3, 0.4) is 0 Å². The molecule has 8 nitrogen and oxygen atoms in total. The largest absolute Gasteiger partial charge is 0.486 e. The number of thioether (sulfide) groups is 1. The lowest BCUT2D eigenvalue weighted by Crippen LogP contribution is -2.28. The lowest BCUT2D eigenvalue weighted by Gasteiger charge is -2.21. The zero-order valence-electron chi connectivity index (χ0n) is 17.0. The van der Waals surface area contributed by atoms with Crippen molar-refractivity contribution in [2.75, 3.05) is 31.9 Å². The molecule has 0 radical (unpaired) electrons. The van der Waals surface area contributed by atoms with Gasteiger partial charge in [-0.15, -0.1) is 10.2 Å². The first-order valence-electron chi connectivity index (χ1n) is 9.69. The van der Waals surface area contributed by atoms with Crippen LogP contribution in [0.15, 0.2) is 47.6 Å². The van der Waals surface area contributed by atoms with Gasteiger partial charge in [0.2, 0.25) is 11.1 Å². The highest BCUT2D eigenvalue weighted by Gasteiger charge is 2.17. The predicted molar refractivity (Wildman–Crippen MR) is 114 cm³/mol. The van der Waals surface area contributed by atoms with E-state index in [2.05, 4.69) is 10.2 Å². The molecule has 1 aliphatic heterocycles. The number of nitrogen functional groups attached to an aromatic ring is 1. The molecule has 4 rings (SSSR count). The van der Waals surface area contributed by atoms with Crippen molar-refractivity contribution in [3.05, 3.63) is 65.2 Å². The number of ether oxygens (including phenoxy) is 2. The monoisotopic (exact) mass is 443 g/mol. The predicted octanol–water partition coefficient (Wildman–Crippen LogP) is 2.24. The van der Waals surface area contributed by atoms with Gasteiger partial charge in [0.1, 0.15) is 19.0 Å². The van der Waals surface area contributed by atoms with Crippen molar-refractivity contribution in [1.82, 2.24) is 19.8 Å². The molecule has 31 heavy (non-hydrogen) atoms. The third kappa shape index (κ3) is 4.91. The second-order valence-corrected chi connectivity index (χ2v) is 8.00. The first-order chi connectivity index (χ1) is 15.0. The van der Waals surface area contributed by atoms with Gasteiger partial charge in [-0.3, -0.25) is 4.79 Å². The topological polar surface area (TPSA) is 95.5 Å². The first-order valence-corrected chi connectivity index (χ1v) is 10.7. The molecule has 0 spiro atoms. The van der Waals surface area contributed by atoms with Crippen LogP contribution in [-0.4, -0.2) is 51.7 Å². The molecule has 2 N–H and O–H groups in total. The summed E-state index contributed by atoms with van der Waals surface area (Å²) in [6.07, 6.45) is 0.217. The number of carbonyl (C=O) groups is 1. The molecule has 2 aromatic carbocycles. The lowest BCUT2D eigenvalue weighted by molar-refractivity contribution is -0.127. The van der Waals surface area contributed by atoms with E-state index in [0.717, 1.165) is 5.56 Å². The van der Waals surface area contributed by atoms with Crippen LogP contribution in [0.25, 0.3) is 0 Å². The molecule has 0 unspecified atom stereocenters. The Bertz CT molecular complexity index is 1090. The van der Waals surface area contributed by atoms with Crippen molar-refractivity contribution < 1.29 is 18.7 Å². The van der Waals surface area contributed by atoms with E-state index in [0.29, 0.717) is 47.8 Å². The quantitative estimate of drug-likeness (QED) is 0.442. The summed E-state index contributed by atoms with van der Waals surface area (Å²) in [5.74, 6) is 7.62. The smallest absolute Gasteiger partial charge is 0.233 e. The molecule has 10 heteroatoms. The van der Waals surface area contributed by atoms with Crippen molar-refractivity contribution in [1.29, 1.82) is 0 Å². The maximum Gasteiger partial charge on any atom is 0.233 e. The average molecular weight is 444 g/mol. The van der Waals surface area contributed by atoms with E-state index in [-0.39, 0.29) is 23.9 Å². The minimum Gasteiger partial charge on any atom is -0.486 e. The van der Waals surface area contributed by atoms with Crippen molar-refractivity contribution in [2.45, 2.75) is 18.1 Å². The maximum atomic E-state index is 13.9. The third-order valence-corrected chi connectivity index (χ3v) is 5.75. The number of amides is 1. The van der Waals surface area contributed by atoms with Crippen LogP contribution in [0.5, 0.6) is 11.5 Å². The van der Waals surface area contributed by atoms with Crippen LogP contribution in [0.2, 0.25) is 0 Å². The Balaban J connectivity index is 1.33. The fourth-order valence-corrected chi connectivity index (χ4v) is 3.94. The molecule has 0 bridgehead atoms. The van der Waals surface area contributed by atoms with Crippen LogP contribution in [-0.2, 0) is 17.8 Å². The van der Waals surface area contributed by atoms with Crippen molar-refractivity contribution in [3.63, 3.8) is 0 Å². The molecule has 0 fully saturated rings. The Morgan fingerprint density at radius 1 is 1.19 bits per heavy atom. The second kappa shape index (κ2) is 9.25. The number of rotatable bonds is 7. The fraction of sp³-hybridized carbons (Fsp3) is 0.286. The van der Waals surface area contributed by atoms with Gasteiger partial charge in [0.05, 0.1) is 5.75 Å². The minimum absolute atomic E-state index is 0.0847.